The van der Waals surface area contributed by atoms with Gasteiger partial charge in [0.25, 0.3) is 5.69 Å². The number of hydrogen-bond donors (Lipinski definition) is 1. The quantitative estimate of drug-likeness (QED) is 0.532. The van der Waals surface area contributed by atoms with E-state index < -0.39 is 4.92 Å². The van der Waals surface area contributed by atoms with E-state index in [0.717, 1.165) is 28.2 Å². The van der Waals surface area contributed by atoms with Crippen molar-refractivity contribution in [3.05, 3.63) is 69.4 Å². The van der Waals surface area contributed by atoms with Crippen LogP contribution in [0.15, 0.2) is 42.5 Å². The third-order valence-corrected chi connectivity index (χ3v) is 4.78. The molecule has 0 aliphatic rings. The van der Waals surface area contributed by atoms with Crippen molar-refractivity contribution in [2.45, 2.75) is 20.8 Å². The lowest BCUT2D eigenvalue weighted by molar-refractivity contribution is -0.384. The molecule has 1 amide bonds. The van der Waals surface area contributed by atoms with Crippen LogP contribution in [0.2, 0.25) is 0 Å². The molecule has 0 aliphatic heterocycles. The van der Waals surface area contributed by atoms with Crippen molar-refractivity contribution in [2.24, 2.45) is 0 Å². The van der Waals surface area contributed by atoms with Crippen molar-refractivity contribution in [1.29, 1.82) is 0 Å². The number of hydrogen-bond acceptors (Lipinski definition) is 5. The van der Waals surface area contributed by atoms with Gasteiger partial charge in [-0.05, 0) is 50.1 Å². The highest BCUT2D eigenvalue weighted by Gasteiger charge is 2.16. The van der Waals surface area contributed by atoms with E-state index in [0.29, 0.717) is 10.9 Å². The van der Waals surface area contributed by atoms with Crippen LogP contribution in [0.25, 0.3) is 10.9 Å². The monoisotopic (exact) mass is 378 g/mol. The number of nitro benzene ring substituents is 1. The van der Waals surface area contributed by atoms with Crippen molar-refractivity contribution in [3.8, 4) is 0 Å². The van der Waals surface area contributed by atoms with E-state index in [9.17, 15) is 14.9 Å². The van der Waals surface area contributed by atoms with Crippen LogP contribution in [-0.4, -0.2) is 29.4 Å². The smallest absolute Gasteiger partial charge is 0.270 e. The normalized spacial score (nSPS) is 10.7. The van der Waals surface area contributed by atoms with E-state index in [4.69, 9.17) is 0 Å². The number of nitrogens with zero attached hydrogens (tertiary/aromatic N) is 3. The summed E-state index contributed by atoms with van der Waals surface area (Å²) in [6.07, 6.45) is 0. The number of aryl methyl sites for hydroxylation is 2. The Morgan fingerprint density at radius 3 is 2.64 bits per heavy atom. The molecule has 0 radical (unpaired) electrons. The molecule has 0 spiro atoms. The first-order chi connectivity index (χ1) is 13.3. The Kier molecular flexibility index (Phi) is 5.26. The molecule has 144 valence electrons. The van der Waals surface area contributed by atoms with Gasteiger partial charge in [-0.15, -0.1) is 0 Å². The Morgan fingerprint density at radius 2 is 1.93 bits per heavy atom. The van der Waals surface area contributed by atoms with Gasteiger partial charge in [-0.2, -0.15) is 0 Å². The van der Waals surface area contributed by atoms with Crippen molar-refractivity contribution < 1.29 is 9.72 Å². The first-order valence-electron chi connectivity index (χ1n) is 8.89. The molecule has 0 aliphatic carbocycles. The molecular weight excluding hydrogens is 356 g/mol. The molecule has 3 rings (SSSR count). The van der Waals surface area contributed by atoms with Gasteiger partial charge in [0.2, 0.25) is 5.91 Å². The van der Waals surface area contributed by atoms with Gasteiger partial charge in [0.15, 0.2) is 0 Å². The van der Waals surface area contributed by atoms with Crippen LogP contribution < -0.4 is 10.2 Å². The number of benzene rings is 2. The van der Waals surface area contributed by atoms with Crippen LogP contribution in [0.4, 0.5) is 17.1 Å². The number of carbonyl (C=O) groups is 1. The average Bonchev–Trinajstić information content (AvgIpc) is 2.64. The SMILES string of the molecule is Cc1cc(N(C)CC(=O)Nc2cccc(C)c2C)c2cc([N+](=O)[O-])ccc2n1. The second-order valence-corrected chi connectivity index (χ2v) is 6.89. The zero-order valence-corrected chi connectivity index (χ0v) is 16.3. The maximum atomic E-state index is 12.6. The number of non-ortho nitro benzene ring substituents is 1. The van der Waals surface area contributed by atoms with Gasteiger partial charge < -0.3 is 10.2 Å². The summed E-state index contributed by atoms with van der Waals surface area (Å²) in [5, 5.41) is 14.7. The number of amides is 1. The summed E-state index contributed by atoms with van der Waals surface area (Å²) < 4.78 is 0. The van der Waals surface area contributed by atoms with Gasteiger partial charge in [-0.3, -0.25) is 19.9 Å². The number of pyridine rings is 1. The third kappa shape index (κ3) is 3.93. The van der Waals surface area contributed by atoms with E-state index in [1.54, 1.807) is 18.0 Å². The van der Waals surface area contributed by atoms with Crippen LogP contribution in [0.5, 0.6) is 0 Å². The van der Waals surface area contributed by atoms with Crippen LogP contribution >= 0.6 is 0 Å². The molecular formula is C21H22N4O3. The number of carbonyl (C=O) groups excluding carboxylic acids is 1. The van der Waals surface area contributed by atoms with Crippen molar-refractivity contribution >= 4 is 33.9 Å². The topological polar surface area (TPSA) is 88.4 Å². The predicted molar refractivity (Wildman–Crippen MR) is 111 cm³/mol. The number of rotatable bonds is 5. The molecule has 0 fully saturated rings. The van der Waals surface area contributed by atoms with Gasteiger partial charge in [0, 0.05) is 41.6 Å². The number of fused-ring (bicyclic) bond motifs is 1. The fourth-order valence-corrected chi connectivity index (χ4v) is 3.13. The fraction of sp³-hybridized carbons (Fsp3) is 0.238. The molecule has 7 heteroatoms. The minimum absolute atomic E-state index is 0.00681. The summed E-state index contributed by atoms with van der Waals surface area (Å²) in [4.78, 5) is 29.5. The minimum Gasteiger partial charge on any atom is -0.365 e. The fourth-order valence-electron chi connectivity index (χ4n) is 3.13. The Morgan fingerprint density at radius 1 is 1.18 bits per heavy atom. The number of nitro groups is 1. The molecule has 0 saturated heterocycles. The van der Waals surface area contributed by atoms with Crippen LogP contribution in [0, 0.1) is 30.9 Å². The summed E-state index contributed by atoms with van der Waals surface area (Å²) >= 11 is 0. The summed E-state index contributed by atoms with van der Waals surface area (Å²) in [5.41, 5.74) is 5.06. The van der Waals surface area contributed by atoms with E-state index in [-0.39, 0.29) is 18.1 Å². The molecule has 0 saturated carbocycles. The molecule has 1 aromatic heterocycles. The molecule has 7 nitrogen and oxygen atoms in total. The lowest BCUT2D eigenvalue weighted by Gasteiger charge is -2.21. The lowest BCUT2D eigenvalue weighted by atomic mass is 10.1. The summed E-state index contributed by atoms with van der Waals surface area (Å²) in [7, 11) is 1.79. The minimum atomic E-state index is -0.434. The summed E-state index contributed by atoms with van der Waals surface area (Å²) in [6, 6.07) is 12.2. The molecule has 0 bridgehead atoms. The molecule has 28 heavy (non-hydrogen) atoms. The van der Waals surface area contributed by atoms with Crippen LogP contribution in [0.3, 0.4) is 0 Å². The zero-order valence-electron chi connectivity index (χ0n) is 16.3. The highest BCUT2D eigenvalue weighted by atomic mass is 16.6. The number of nitrogens with one attached hydrogen (secondary N) is 1. The zero-order chi connectivity index (χ0) is 20.4. The van der Waals surface area contributed by atoms with E-state index in [2.05, 4.69) is 10.3 Å². The third-order valence-electron chi connectivity index (χ3n) is 4.78. The first-order valence-corrected chi connectivity index (χ1v) is 8.89. The van der Waals surface area contributed by atoms with Gasteiger partial charge in [0.1, 0.15) is 0 Å². The summed E-state index contributed by atoms with van der Waals surface area (Å²) in [5.74, 6) is -0.163. The number of likely N-dealkylation sites (N-methyl/N-ethyl adjacent to an activating group) is 1. The second kappa shape index (κ2) is 7.64. The van der Waals surface area contributed by atoms with Crippen LogP contribution in [0.1, 0.15) is 16.8 Å². The van der Waals surface area contributed by atoms with E-state index in [1.165, 1.54) is 12.1 Å². The standard InChI is InChI=1S/C21H22N4O3/c1-13-6-5-7-18(15(13)3)23-21(26)12-24(4)20-10-14(2)22-19-9-8-16(25(27)28)11-17(19)20/h5-11H,12H2,1-4H3,(H,23,26). The van der Waals surface area contributed by atoms with Gasteiger partial charge in [-0.25, -0.2) is 0 Å². The summed E-state index contributed by atoms with van der Waals surface area (Å²) in [6.45, 7) is 5.92. The Balaban J connectivity index is 1.89. The average molecular weight is 378 g/mol. The van der Waals surface area contributed by atoms with Gasteiger partial charge in [0.05, 0.1) is 17.0 Å². The lowest BCUT2D eigenvalue weighted by Crippen LogP contribution is -2.30. The van der Waals surface area contributed by atoms with E-state index >= 15 is 0 Å². The van der Waals surface area contributed by atoms with Crippen molar-refractivity contribution in [2.75, 3.05) is 23.8 Å². The molecule has 0 unspecified atom stereocenters. The number of anilines is 2. The predicted octanol–water partition coefficient (Wildman–Crippen LogP) is 4.14. The largest absolute Gasteiger partial charge is 0.365 e. The van der Waals surface area contributed by atoms with Gasteiger partial charge >= 0.3 is 0 Å². The van der Waals surface area contributed by atoms with Crippen LogP contribution in [-0.2, 0) is 4.79 Å². The van der Waals surface area contributed by atoms with E-state index in [1.807, 2.05) is 45.0 Å². The maximum absolute atomic E-state index is 12.6. The first kappa shape index (κ1) is 19.3. The van der Waals surface area contributed by atoms with Crippen molar-refractivity contribution in [1.82, 2.24) is 4.98 Å². The molecule has 2 aromatic carbocycles. The molecule has 0 atom stereocenters. The second-order valence-electron chi connectivity index (χ2n) is 6.89. The van der Waals surface area contributed by atoms with Gasteiger partial charge in [-0.1, -0.05) is 12.1 Å². The Labute approximate surface area is 163 Å². The highest BCUT2D eigenvalue weighted by molar-refractivity contribution is 5.98. The molecule has 1 heterocycles. The molecule has 3 aromatic rings. The molecule has 1 N–H and O–H groups in total. The van der Waals surface area contributed by atoms with Crippen molar-refractivity contribution in [3.63, 3.8) is 0 Å². The Hall–Kier alpha value is -3.48. The highest BCUT2D eigenvalue weighted by Crippen LogP contribution is 2.29. The maximum Gasteiger partial charge on any atom is 0.270 e. The number of aromatic nitrogens is 1. The Bertz CT molecular complexity index is 1080.